The molecule has 0 unspecified atom stereocenters. The topological polar surface area (TPSA) is 99.3 Å². The minimum atomic E-state index is -1.07. The smallest absolute Gasteiger partial charge is 0.319 e. The van der Waals surface area contributed by atoms with Crippen molar-refractivity contribution >= 4 is 29.2 Å². The summed E-state index contributed by atoms with van der Waals surface area (Å²) in [6.07, 6.45) is 0. The number of urea groups is 1. The molecule has 2 aromatic carbocycles. The summed E-state index contributed by atoms with van der Waals surface area (Å²) in [5.41, 5.74) is 0.561. The van der Waals surface area contributed by atoms with E-state index in [1.54, 1.807) is 45.0 Å². The molecule has 0 aliphatic heterocycles. The number of carbonyl (C=O) groups is 3. The van der Waals surface area contributed by atoms with Gasteiger partial charge < -0.3 is 21.3 Å². The number of halogens is 2. The molecule has 160 valence electrons. The third-order valence-corrected chi connectivity index (χ3v) is 3.96. The van der Waals surface area contributed by atoms with Gasteiger partial charge in [-0.25, -0.2) is 13.6 Å². The summed E-state index contributed by atoms with van der Waals surface area (Å²) in [7, 11) is 0. The second-order valence-electron chi connectivity index (χ2n) is 7.55. The lowest BCUT2D eigenvalue weighted by Crippen LogP contribution is -2.36. The van der Waals surface area contributed by atoms with Crippen molar-refractivity contribution < 1.29 is 23.2 Å². The van der Waals surface area contributed by atoms with Gasteiger partial charge in [0.1, 0.15) is 0 Å². The lowest BCUT2D eigenvalue weighted by atomic mass is 9.95. The van der Waals surface area contributed by atoms with Crippen LogP contribution in [0.15, 0.2) is 42.5 Å². The lowest BCUT2D eigenvalue weighted by molar-refractivity contribution is -0.123. The highest BCUT2D eigenvalue weighted by atomic mass is 19.2. The molecule has 0 aliphatic carbocycles. The van der Waals surface area contributed by atoms with Crippen molar-refractivity contribution in [3.63, 3.8) is 0 Å². The molecule has 0 bridgehead atoms. The molecule has 7 nitrogen and oxygen atoms in total. The fourth-order valence-electron chi connectivity index (χ4n) is 2.23. The average Bonchev–Trinajstić information content (AvgIpc) is 2.68. The first-order valence-corrected chi connectivity index (χ1v) is 9.26. The Balaban J connectivity index is 1.74. The number of hydrogen-bond acceptors (Lipinski definition) is 3. The van der Waals surface area contributed by atoms with Crippen LogP contribution in [-0.4, -0.2) is 30.9 Å². The van der Waals surface area contributed by atoms with Gasteiger partial charge in [0.15, 0.2) is 11.6 Å². The van der Waals surface area contributed by atoms with Crippen LogP contribution in [0.5, 0.6) is 0 Å². The number of carbonyl (C=O) groups excluding carboxylic acids is 3. The summed E-state index contributed by atoms with van der Waals surface area (Å²) in [6, 6.07) is 8.81. The molecule has 4 N–H and O–H groups in total. The minimum Gasteiger partial charge on any atom is -0.350 e. The van der Waals surface area contributed by atoms with E-state index in [-0.39, 0.29) is 30.6 Å². The first kappa shape index (κ1) is 22.8. The van der Waals surface area contributed by atoms with Gasteiger partial charge >= 0.3 is 6.03 Å². The van der Waals surface area contributed by atoms with Crippen molar-refractivity contribution in [1.82, 2.24) is 10.6 Å². The molecule has 4 amide bonds. The van der Waals surface area contributed by atoms with Crippen molar-refractivity contribution in [3.05, 3.63) is 59.7 Å². The largest absolute Gasteiger partial charge is 0.350 e. The third kappa shape index (κ3) is 6.84. The van der Waals surface area contributed by atoms with Gasteiger partial charge in [-0.1, -0.05) is 20.8 Å². The first-order chi connectivity index (χ1) is 14.1. The summed E-state index contributed by atoms with van der Waals surface area (Å²) in [6.45, 7) is 5.69. The van der Waals surface area contributed by atoms with Crippen molar-refractivity contribution in [2.45, 2.75) is 20.8 Å². The predicted octanol–water partition coefficient (Wildman–Crippen LogP) is 3.50. The van der Waals surface area contributed by atoms with E-state index in [1.165, 1.54) is 6.07 Å². The fourth-order valence-corrected chi connectivity index (χ4v) is 2.23. The number of rotatable bonds is 6. The van der Waals surface area contributed by atoms with Crippen molar-refractivity contribution in [2.75, 3.05) is 23.7 Å². The zero-order chi connectivity index (χ0) is 22.3. The van der Waals surface area contributed by atoms with Crippen LogP contribution in [-0.2, 0) is 4.79 Å². The van der Waals surface area contributed by atoms with Crippen LogP contribution >= 0.6 is 0 Å². The molecule has 0 heterocycles. The highest BCUT2D eigenvalue weighted by molar-refractivity contribution is 5.97. The summed E-state index contributed by atoms with van der Waals surface area (Å²) in [4.78, 5) is 35.8. The van der Waals surface area contributed by atoms with E-state index in [2.05, 4.69) is 21.3 Å². The summed E-state index contributed by atoms with van der Waals surface area (Å²) < 4.78 is 26.0. The summed E-state index contributed by atoms with van der Waals surface area (Å²) in [5.74, 6) is -2.55. The third-order valence-electron chi connectivity index (χ3n) is 3.96. The Morgan fingerprint density at radius 3 is 2.00 bits per heavy atom. The maximum absolute atomic E-state index is 13.1. The molecule has 0 saturated heterocycles. The van der Waals surface area contributed by atoms with Gasteiger partial charge in [-0.2, -0.15) is 0 Å². The number of nitrogens with one attached hydrogen (secondary N) is 4. The van der Waals surface area contributed by atoms with Gasteiger partial charge in [-0.15, -0.1) is 0 Å². The Hall–Kier alpha value is -3.49. The van der Waals surface area contributed by atoms with E-state index in [0.717, 1.165) is 12.1 Å². The van der Waals surface area contributed by atoms with E-state index in [9.17, 15) is 23.2 Å². The Bertz CT molecular complexity index is 925. The summed E-state index contributed by atoms with van der Waals surface area (Å²) >= 11 is 0. The van der Waals surface area contributed by atoms with Crippen LogP contribution < -0.4 is 21.3 Å². The molecule has 0 radical (unpaired) electrons. The zero-order valence-corrected chi connectivity index (χ0v) is 16.9. The molecule has 2 rings (SSSR count). The van der Waals surface area contributed by atoms with Crippen LogP contribution in [0.1, 0.15) is 31.1 Å². The Morgan fingerprint density at radius 1 is 0.800 bits per heavy atom. The molecule has 30 heavy (non-hydrogen) atoms. The van der Waals surface area contributed by atoms with Gasteiger partial charge in [0.25, 0.3) is 5.91 Å². The second kappa shape index (κ2) is 9.82. The monoisotopic (exact) mass is 418 g/mol. The van der Waals surface area contributed by atoms with Crippen LogP contribution in [0.3, 0.4) is 0 Å². The standard InChI is InChI=1S/C21H24F2N4O3/c1-21(2,3)19(29)26-14-6-4-13(5-7-14)18(28)24-10-11-25-20(30)27-15-8-9-16(22)17(23)12-15/h4-9,12H,10-11H2,1-3H3,(H,24,28)(H,26,29)(H2,25,27,30). The second-order valence-corrected chi connectivity index (χ2v) is 7.55. The van der Waals surface area contributed by atoms with Gasteiger partial charge in [-0.3, -0.25) is 9.59 Å². The molecule has 0 atom stereocenters. The van der Waals surface area contributed by atoms with Crippen LogP contribution in [0.25, 0.3) is 0 Å². The molecule has 0 saturated carbocycles. The molecule has 2 aromatic rings. The minimum absolute atomic E-state index is 0.106. The maximum Gasteiger partial charge on any atom is 0.319 e. The van der Waals surface area contributed by atoms with Crippen LogP contribution in [0, 0.1) is 17.0 Å². The Kier molecular flexibility index (Phi) is 7.46. The lowest BCUT2D eigenvalue weighted by Gasteiger charge is -2.17. The molecular weight excluding hydrogens is 394 g/mol. The quantitative estimate of drug-likeness (QED) is 0.540. The van der Waals surface area contributed by atoms with Gasteiger partial charge in [0, 0.05) is 41.5 Å². The van der Waals surface area contributed by atoms with Crippen LogP contribution in [0.4, 0.5) is 25.0 Å². The Labute approximate surface area is 173 Å². The number of benzene rings is 2. The van der Waals surface area contributed by atoms with Crippen LogP contribution in [0.2, 0.25) is 0 Å². The predicted molar refractivity (Wildman–Crippen MR) is 110 cm³/mol. The van der Waals surface area contributed by atoms with E-state index in [1.807, 2.05) is 0 Å². The molecule has 9 heteroatoms. The zero-order valence-electron chi connectivity index (χ0n) is 16.9. The number of anilines is 2. The number of hydrogen-bond donors (Lipinski definition) is 4. The molecule has 0 aromatic heterocycles. The van der Waals surface area contributed by atoms with E-state index in [0.29, 0.717) is 11.3 Å². The molecule has 0 fully saturated rings. The van der Waals surface area contributed by atoms with E-state index in [4.69, 9.17) is 0 Å². The van der Waals surface area contributed by atoms with E-state index < -0.39 is 23.1 Å². The average molecular weight is 418 g/mol. The van der Waals surface area contributed by atoms with E-state index >= 15 is 0 Å². The molecule has 0 aliphatic rings. The van der Waals surface area contributed by atoms with Crippen molar-refractivity contribution in [2.24, 2.45) is 5.41 Å². The Morgan fingerprint density at radius 2 is 1.40 bits per heavy atom. The SMILES string of the molecule is CC(C)(C)C(=O)Nc1ccc(C(=O)NCCNC(=O)Nc2ccc(F)c(F)c2)cc1. The maximum atomic E-state index is 13.1. The molecular formula is C21H24F2N4O3. The normalized spacial score (nSPS) is 10.8. The first-order valence-electron chi connectivity index (χ1n) is 9.26. The van der Waals surface area contributed by atoms with Crippen molar-refractivity contribution in [3.8, 4) is 0 Å². The fraction of sp³-hybridized carbons (Fsp3) is 0.286. The van der Waals surface area contributed by atoms with Gasteiger partial charge in [0.05, 0.1) is 0 Å². The highest BCUT2D eigenvalue weighted by Crippen LogP contribution is 2.17. The van der Waals surface area contributed by atoms with Crippen molar-refractivity contribution in [1.29, 1.82) is 0 Å². The number of amides is 4. The summed E-state index contributed by atoms with van der Waals surface area (Å²) in [5, 5.41) is 10.3. The molecule has 0 spiro atoms. The van der Waals surface area contributed by atoms with Gasteiger partial charge in [0.2, 0.25) is 5.91 Å². The highest BCUT2D eigenvalue weighted by Gasteiger charge is 2.21. The van der Waals surface area contributed by atoms with Gasteiger partial charge in [-0.05, 0) is 36.4 Å².